The van der Waals surface area contributed by atoms with Gasteiger partial charge in [-0.2, -0.15) is 0 Å². The largest absolute Gasteiger partial charge is 0.356 e. The second kappa shape index (κ2) is 11.1. The monoisotopic (exact) mass is 390 g/mol. The zero-order chi connectivity index (χ0) is 18.8. The molecule has 0 aliphatic carbocycles. The fraction of sp³-hybridized carbons (Fsp3) is 0.450. The van der Waals surface area contributed by atoms with E-state index in [-0.39, 0.29) is 11.8 Å². The average molecular weight is 391 g/mol. The summed E-state index contributed by atoms with van der Waals surface area (Å²) < 4.78 is 0.620. The van der Waals surface area contributed by atoms with Crippen LogP contribution < -0.4 is 5.32 Å². The highest BCUT2D eigenvalue weighted by Gasteiger charge is 2.31. The predicted octanol–water partition coefficient (Wildman–Crippen LogP) is 4.36. The highest BCUT2D eigenvalue weighted by Crippen LogP contribution is 2.32. The molecular formula is C20H26N2O2S2. The van der Waals surface area contributed by atoms with E-state index in [1.54, 1.807) is 4.90 Å². The number of hydrogen-bond donors (Lipinski definition) is 1. The van der Waals surface area contributed by atoms with Gasteiger partial charge in [-0.3, -0.25) is 14.5 Å². The van der Waals surface area contributed by atoms with Crippen LogP contribution in [0.2, 0.25) is 0 Å². The molecule has 1 fully saturated rings. The van der Waals surface area contributed by atoms with Gasteiger partial charge in [0, 0.05) is 19.5 Å². The molecule has 1 saturated heterocycles. The van der Waals surface area contributed by atoms with Crippen molar-refractivity contribution in [2.75, 3.05) is 13.1 Å². The van der Waals surface area contributed by atoms with Gasteiger partial charge in [0.2, 0.25) is 5.91 Å². The number of carbonyl (C=O) groups is 2. The topological polar surface area (TPSA) is 49.4 Å². The Morgan fingerprint density at radius 3 is 2.69 bits per heavy atom. The molecule has 6 heteroatoms. The van der Waals surface area contributed by atoms with Crippen molar-refractivity contribution in [1.29, 1.82) is 0 Å². The lowest BCUT2D eigenvalue weighted by Crippen LogP contribution is -2.29. The number of rotatable bonds is 10. The molecule has 140 valence electrons. The molecule has 2 rings (SSSR count). The first kappa shape index (κ1) is 20.6. The van der Waals surface area contributed by atoms with Gasteiger partial charge in [0.25, 0.3) is 5.91 Å². The van der Waals surface area contributed by atoms with Crippen LogP contribution in [0.1, 0.15) is 51.0 Å². The van der Waals surface area contributed by atoms with Gasteiger partial charge in [-0.25, -0.2) is 0 Å². The summed E-state index contributed by atoms with van der Waals surface area (Å²) in [5.74, 6) is 0.107. The molecule has 1 aliphatic rings. The molecule has 0 unspecified atom stereocenters. The summed E-state index contributed by atoms with van der Waals surface area (Å²) in [7, 11) is 0. The van der Waals surface area contributed by atoms with Crippen molar-refractivity contribution in [2.45, 2.75) is 45.4 Å². The van der Waals surface area contributed by atoms with E-state index in [2.05, 4.69) is 12.2 Å². The molecule has 1 N–H and O–H groups in total. The first-order valence-electron chi connectivity index (χ1n) is 9.19. The van der Waals surface area contributed by atoms with Crippen LogP contribution in [0.3, 0.4) is 0 Å². The summed E-state index contributed by atoms with van der Waals surface area (Å²) in [5.41, 5.74) is 1.00. The number of amides is 2. The number of carbonyl (C=O) groups excluding carboxylic acids is 2. The number of thiocarbonyl (C=S) groups is 1. The minimum absolute atomic E-state index is 0.0128. The van der Waals surface area contributed by atoms with Crippen LogP contribution in [0, 0.1) is 0 Å². The van der Waals surface area contributed by atoms with Crippen LogP contribution in [-0.2, 0) is 9.59 Å². The highest BCUT2D eigenvalue weighted by molar-refractivity contribution is 8.26. The van der Waals surface area contributed by atoms with Gasteiger partial charge in [0.1, 0.15) is 4.32 Å². The van der Waals surface area contributed by atoms with Gasteiger partial charge in [-0.1, -0.05) is 74.1 Å². The molecule has 1 heterocycles. The van der Waals surface area contributed by atoms with E-state index in [1.807, 2.05) is 36.4 Å². The fourth-order valence-electron chi connectivity index (χ4n) is 2.62. The summed E-state index contributed by atoms with van der Waals surface area (Å²) in [4.78, 5) is 26.5. The minimum atomic E-state index is -0.0128. The number of benzene rings is 1. The minimum Gasteiger partial charge on any atom is -0.356 e. The van der Waals surface area contributed by atoms with E-state index in [4.69, 9.17) is 12.2 Å². The van der Waals surface area contributed by atoms with E-state index < -0.39 is 0 Å². The van der Waals surface area contributed by atoms with Gasteiger partial charge in [0.05, 0.1) is 4.91 Å². The van der Waals surface area contributed by atoms with Crippen LogP contribution in [0.25, 0.3) is 6.08 Å². The zero-order valence-corrected chi connectivity index (χ0v) is 16.8. The molecule has 1 aromatic carbocycles. The molecule has 0 atom stereocenters. The van der Waals surface area contributed by atoms with Crippen molar-refractivity contribution in [3.05, 3.63) is 40.8 Å². The third kappa shape index (κ3) is 6.57. The van der Waals surface area contributed by atoms with Crippen molar-refractivity contribution < 1.29 is 9.59 Å². The Hall–Kier alpha value is -1.66. The standard InChI is InChI=1S/C20H26N2O2S2/c1-2-3-13-21-18(23)12-8-5-9-14-22-19(24)17(26-20(22)25)15-16-10-6-4-7-11-16/h4,6-7,10-11,15H,2-3,5,8-9,12-14H2,1H3,(H,21,23). The Balaban J connectivity index is 1.71. The lowest BCUT2D eigenvalue weighted by molar-refractivity contribution is -0.122. The molecule has 0 saturated carbocycles. The maximum absolute atomic E-state index is 12.5. The van der Waals surface area contributed by atoms with Crippen molar-refractivity contribution >= 4 is 46.2 Å². The van der Waals surface area contributed by atoms with Gasteiger partial charge in [0.15, 0.2) is 0 Å². The third-order valence-electron chi connectivity index (χ3n) is 4.11. The number of hydrogen-bond acceptors (Lipinski definition) is 4. The summed E-state index contributed by atoms with van der Waals surface area (Å²) in [5, 5.41) is 2.92. The Labute approximate surface area is 165 Å². The van der Waals surface area contributed by atoms with Crippen LogP contribution in [0.4, 0.5) is 0 Å². The maximum atomic E-state index is 12.5. The van der Waals surface area contributed by atoms with Gasteiger partial charge in [-0.05, 0) is 30.9 Å². The molecule has 0 radical (unpaired) electrons. The van der Waals surface area contributed by atoms with E-state index in [9.17, 15) is 9.59 Å². The lowest BCUT2D eigenvalue weighted by Gasteiger charge is -2.14. The smallest absolute Gasteiger partial charge is 0.266 e. The Bertz CT molecular complexity index is 659. The molecule has 4 nitrogen and oxygen atoms in total. The van der Waals surface area contributed by atoms with Gasteiger partial charge >= 0.3 is 0 Å². The Morgan fingerprint density at radius 2 is 1.96 bits per heavy atom. The zero-order valence-electron chi connectivity index (χ0n) is 15.2. The van der Waals surface area contributed by atoms with E-state index >= 15 is 0 Å². The molecule has 2 amide bonds. The van der Waals surface area contributed by atoms with Crippen LogP contribution in [-0.4, -0.2) is 34.1 Å². The number of nitrogens with one attached hydrogen (secondary N) is 1. The van der Waals surface area contributed by atoms with Crippen molar-refractivity contribution in [1.82, 2.24) is 10.2 Å². The summed E-state index contributed by atoms with van der Waals surface area (Å²) >= 11 is 6.71. The maximum Gasteiger partial charge on any atom is 0.266 e. The van der Waals surface area contributed by atoms with Crippen molar-refractivity contribution in [3.8, 4) is 0 Å². The first-order chi connectivity index (χ1) is 12.6. The number of nitrogens with zero attached hydrogens (tertiary/aromatic N) is 1. The van der Waals surface area contributed by atoms with Crippen molar-refractivity contribution in [3.63, 3.8) is 0 Å². The highest BCUT2D eigenvalue weighted by atomic mass is 32.2. The molecule has 0 aromatic heterocycles. The van der Waals surface area contributed by atoms with Crippen LogP contribution in [0.5, 0.6) is 0 Å². The average Bonchev–Trinajstić information content (AvgIpc) is 2.89. The molecule has 26 heavy (non-hydrogen) atoms. The Morgan fingerprint density at radius 1 is 1.19 bits per heavy atom. The molecule has 1 aliphatic heterocycles. The summed E-state index contributed by atoms with van der Waals surface area (Å²) in [6, 6.07) is 9.79. The van der Waals surface area contributed by atoms with Gasteiger partial charge < -0.3 is 5.32 Å². The second-order valence-corrected chi connectivity index (χ2v) is 7.93. The quantitative estimate of drug-likeness (QED) is 0.366. The third-order valence-corrected chi connectivity index (χ3v) is 5.49. The van der Waals surface area contributed by atoms with Crippen molar-refractivity contribution in [2.24, 2.45) is 0 Å². The van der Waals surface area contributed by atoms with E-state index in [0.717, 1.165) is 44.2 Å². The number of unbranched alkanes of at least 4 members (excludes halogenated alkanes) is 3. The Kier molecular flexibility index (Phi) is 8.85. The van der Waals surface area contributed by atoms with Gasteiger partial charge in [-0.15, -0.1) is 0 Å². The second-order valence-electron chi connectivity index (χ2n) is 6.26. The van der Waals surface area contributed by atoms with Crippen LogP contribution in [0.15, 0.2) is 35.2 Å². The molecular weight excluding hydrogens is 364 g/mol. The van der Waals surface area contributed by atoms with Crippen LogP contribution >= 0.6 is 24.0 Å². The summed E-state index contributed by atoms with van der Waals surface area (Å²) in [6.45, 7) is 3.49. The lowest BCUT2D eigenvalue weighted by atomic mass is 10.1. The molecule has 1 aromatic rings. The molecule has 0 spiro atoms. The summed E-state index contributed by atoms with van der Waals surface area (Å²) in [6.07, 6.45) is 7.16. The number of thioether (sulfide) groups is 1. The first-order valence-corrected chi connectivity index (χ1v) is 10.4. The molecule has 0 bridgehead atoms. The fourth-order valence-corrected chi connectivity index (χ4v) is 3.93. The predicted molar refractivity (Wildman–Crippen MR) is 113 cm³/mol. The van der Waals surface area contributed by atoms with E-state index in [0.29, 0.717) is 22.2 Å². The SMILES string of the molecule is CCCCNC(=O)CCCCCN1C(=O)C(=Cc2ccccc2)SC1=S. The normalized spacial score (nSPS) is 15.7. The van der Waals surface area contributed by atoms with E-state index in [1.165, 1.54) is 11.8 Å².